The van der Waals surface area contributed by atoms with Crippen molar-refractivity contribution in [3.63, 3.8) is 0 Å². The highest BCUT2D eigenvalue weighted by Crippen LogP contribution is 2.38. The maximum Gasteiger partial charge on any atom is 0.264 e. The van der Waals surface area contributed by atoms with Crippen LogP contribution in [0, 0.1) is 0 Å². The van der Waals surface area contributed by atoms with E-state index in [-0.39, 0.29) is 11.4 Å². The number of carbonyl (C=O) groups is 1. The van der Waals surface area contributed by atoms with E-state index in [0.29, 0.717) is 34.2 Å². The summed E-state index contributed by atoms with van der Waals surface area (Å²) >= 11 is 0. The fourth-order valence-corrected chi connectivity index (χ4v) is 4.85. The zero-order chi connectivity index (χ0) is 25.4. The van der Waals surface area contributed by atoms with Gasteiger partial charge in [0.15, 0.2) is 11.5 Å². The molecule has 0 spiro atoms. The molecule has 35 heavy (non-hydrogen) atoms. The number of benzene rings is 3. The maximum atomic E-state index is 13.4. The van der Waals surface area contributed by atoms with Crippen LogP contribution in [0.5, 0.6) is 23.0 Å². The Bertz CT molecular complexity index is 1220. The van der Waals surface area contributed by atoms with E-state index >= 15 is 0 Å². The Morgan fingerprint density at radius 1 is 0.829 bits per heavy atom. The number of hydrogen-bond acceptors (Lipinski definition) is 7. The highest BCUT2D eigenvalue weighted by Gasteiger charge is 2.27. The van der Waals surface area contributed by atoms with Gasteiger partial charge in [0, 0.05) is 6.54 Å². The number of ether oxygens (including phenoxy) is 4. The molecular formula is C25H28N2O7S. The molecule has 1 amide bonds. The number of amides is 1. The largest absolute Gasteiger partial charge is 0.497 e. The van der Waals surface area contributed by atoms with Crippen LogP contribution >= 0.6 is 0 Å². The SMILES string of the molecule is COc1ccc(N(CC(=O)NCc2cc(OC)c(OC)c(OC)c2)S(=O)(=O)c2ccccc2)cc1. The number of nitrogens with zero attached hydrogens (tertiary/aromatic N) is 1. The summed E-state index contributed by atoms with van der Waals surface area (Å²) in [4.78, 5) is 13.0. The summed E-state index contributed by atoms with van der Waals surface area (Å²) in [5, 5.41) is 2.76. The normalized spacial score (nSPS) is 10.9. The third kappa shape index (κ3) is 5.96. The van der Waals surface area contributed by atoms with E-state index in [9.17, 15) is 13.2 Å². The van der Waals surface area contributed by atoms with Gasteiger partial charge in [0.1, 0.15) is 12.3 Å². The minimum atomic E-state index is -4.01. The van der Waals surface area contributed by atoms with E-state index < -0.39 is 22.5 Å². The van der Waals surface area contributed by atoms with Crippen LogP contribution in [0.3, 0.4) is 0 Å². The maximum absolute atomic E-state index is 13.4. The van der Waals surface area contributed by atoms with Gasteiger partial charge in [-0.15, -0.1) is 0 Å². The second kappa shape index (κ2) is 11.5. The van der Waals surface area contributed by atoms with Gasteiger partial charge in [-0.3, -0.25) is 9.10 Å². The average Bonchev–Trinajstić information content (AvgIpc) is 2.90. The summed E-state index contributed by atoms with van der Waals surface area (Å²) in [6.45, 7) is -0.300. The van der Waals surface area contributed by atoms with Gasteiger partial charge in [0.25, 0.3) is 10.0 Å². The number of carbonyl (C=O) groups excluding carboxylic acids is 1. The summed E-state index contributed by atoms with van der Waals surface area (Å²) in [5.74, 6) is 1.40. The molecule has 0 aliphatic rings. The predicted octanol–water partition coefficient (Wildman–Crippen LogP) is 3.23. The molecule has 186 valence electrons. The molecule has 0 aromatic heterocycles. The number of methoxy groups -OCH3 is 4. The Morgan fingerprint density at radius 2 is 1.43 bits per heavy atom. The molecule has 0 saturated carbocycles. The van der Waals surface area contributed by atoms with Crippen LogP contribution in [-0.2, 0) is 21.4 Å². The summed E-state index contributed by atoms with van der Waals surface area (Å²) in [7, 11) is 2.02. The minimum Gasteiger partial charge on any atom is -0.497 e. The lowest BCUT2D eigenvalue weighted by Gasteiger charge is -2.24. The standard InChI is InChI=1S/C25H28N2O7S/c1-31-20-12-10-19(11-13-20)27(35(29,30)21-8-6-5-7-9-21)17-24(28)26-16-18-14-22(32-2)25(34-4)23(15-18)33-3/h5-15H,16-17H2,1-4H3,(H,26,28). The lowest BCUT2D eigenvalue weighted by atomic mass is 10.1. The fraction of sp³-hybridized carbons (Fsp3) is 0.240. The van der Waals surface area contributed by atoms with Crippen LogP contribution in [0.1, 0.15) is 5.56 Å². The van der Waals surface area contributed by atoms with Crippen LogP contribution in [0.4, 0.5) is 5.69 Å². The molecule has 0 aliphatic heterocycles. The van der Waals surface area contributed by atoms with Gasteiger partial charge in [-0.1, -0.05) is 18.2 Å². The van der Waals surface area contributed by atoms with Gasteiger partial charge in [-0.05, 0) is 54.1 Å². The van der Waals surface area contributed by atoms with E-state index in [1.165, 1.54) is 40.6 Å². The molecule has 0 radical (unpaired) electrons. The van der Waals surface area contributed by atoms with E-state index in [1.54, 1.807) is 54.6 Å². The van der Waals surface area contributed by atoms with E-state index in [0.717, 1.165) is 4.31 Å². The average molecular weight is 501 g/mol. The molecule has 0 atom stereocenters. The summed E-state index contributed by atoms with van der Waals surface area (Å²) in [6.07, 6.45) is 0. The molecule has 0 bridgehead atoms. The van der Waals surface area contributed by atoms with Crippen molar-refractivity contribution in [3.8, 4) is 23.0 Å². The predicted molar refractivity (Wildman–Crippen MR) is 132 cm³/mol. The first kappa shape index (κ1) is 25.7. The molecule has 0 heterocycles. The Morgan fingerprint density at radius 3 is 1.94 bits per heavy atom. The Balaban J connectivity index is 1.84. The topological polar surface area (TPSA) is 103 Å². The fourth-order valence-electron chi connectivity index (χ4n) is 3.41. The van der Waals surface area contributed by atoms with Crippen molar-refractivity contribution in [1.82, 2.24) is 5.32 Å². The first-order valence-corrected chi connectivity index (χ1v) is 12.1. The van der Waals surface area contributed by atoms with Crippen molar-refractivity contribution < 1.29 is 32.2 Å². The number of anilines is 1. The van der Waals surface area contributed by atoms with Crippen molar-refractivity contribution in [2.24, 2.45) is 0 Å². The molecule has 3 aromatic carbocycles. The van der Waals surface area contributed by atoms with E-state index in [1.807, 2.05) is 0 Å². The van der Waals surface area contributed by atoms with E-state index in [4.69, 9.17) is 18.9 Å². The van der Waals surface area contributed by atoms with Crippen molar-refractivity contribution in [2.45, 2.75) is 11.4 Å². The Labute approximate surface area is 205 Å². The number of nitrogens with one attached hydrogen (secondary N) is 1. The first-order chi connectivity index (χ1) is 16.8. The third-order valence-corrected chi connectivity index (χ3v) is 6.98. The first-order valence-electron chi connectivity index (χ1n) is 10.6. The Kier molecular flexibility index (Phi) is 8.43. The van der Waals surface area contributed by atoms with Gasteiger partial charge in [0.2, 0.25) is 11.7 Å². The van der Waals surface area contributed by atoms with Gasteiger partial charge in [-0.25, -0.2) is 8.42 Å². The molecule has 3 rings (SSSR count). The third-order valence-electron chi connectivity index (χ3n) is 5.19. The molecule has 0 unspecified atom stereocenters. The van der Waals surface area contributed by atoms with Crippen LogP contribution < -0.4 is 28.6 Å². The molecule has 0 fully saturated rings. The lowest BCUT2D eigenvalue weighted by Crippen LogP contribution is -2.40. The smallest absolute Gasteiger partial charge is 0.264 e. The highest BCUT2D eigenvalue weighted by molar-refractivity contribution is 7.92. The number of rotatable bonds is 11. The van der Waals surface area contributed by atoms with Gasteiger partial charge >= 0.3 is 0 Å². The second-order valence-corrected chi connectivity index (χ2v) is 9.20. The summed E-state index contributed by atoms with van der Waals surface area (Å²) in [5.41, 5.74) is 1.02. The molecule has 3 aromatic rings. The molecule has 1 N–H and O–H groups in total. The molecule has 0 aliphatic carbocycles. The molecule has 9 nitrogen and oxygen atoms in total. The minimum absolute atomic E-state index is 0.0771. The van der Waals surface area contributed by atoms with Crippen LogP contribution in [0.2, 0.25) is 0 Å². The summed E-state index contributed by atoms with van der Waals surface area (Å²) in [6, 6.07) is 17.8. The second-order valence-electron chi connectivity index (χ2n) is 7.33. The zero-order valence-electron chi connectivity index (χ0n) is 20.0. The van der Waals surface area contributed by atoms with Crippen molar-refractivity contribution in [2.75, 3.05) is 39.3 Å². The van der Waals surface area contributed by atoms with Crippen LogP contribution in [0.25, 0.3) is 0 Å². The van der Waals surface area contributed by atoms with Crippen molar-refractivity contribution in [1.29, 1.82) is 0 Å². The van der Waals surface area contributed by atoms with Crippen molar-refractivity contribution >= 4 is 21.6 Å². The van der Waals surface area contributed by atoms with Gasteiger partial charge < -0.3 is 24.3 Å². The zero-order valence-corrected chi connectivity index (χ0v) is 20.8. The van der Waals surface area contributed by atoms with Crippen LogP contribution in [-0.4, -0.2) is 49.3 Å². The monoisotopic (exact) mass is 500 g/mol. The number of hydrogen-bond donors (Lipinski definition) is 1. The quantitative estimate of drug-likeness (QED) is 0.431. The summed E-state index contributed by atoms with van der Waals surface area (Å²) < 4.78 is 49.0. The molecule has 10 heteroatoms. The van der Waals surface area contributed by atoms with Gasteiger partial charge in [0.05, 0.1) is 39.0 Å². The Hall–Kier alpha value is -3.92. The van der Waals surface area contributed by atoms with E-state index in [2.05, 4.69) is 5.32 Å². The van der Waals surface area contributed by atoms with Crippen LogP contribution in [0.15, 0.2) is 71.6 Å². The van der Waals surface area contributed by atoms with Crippen molar-refractivity contribution in [3.05, 3.63) is 72.3 Å². The van der Waals surface area contributed by atoms with Gasteiger partial charge in [-0.2, -0.15) is 0 Å². The lowest BCUT2D eigenvalue weighted by molar-refractivity contribution is -0.119. The molecular weight excluding hydrogens is 472 g/mol. The highest BCUT2D eigenvalue weighted by atomic mass is 32.2. The number of sulfonamides is 1. The molecule has 0 saturated heterocycles.